The number of thiophene rings is 1. The first-order valence-corrected chi connectivity index (χ1v) is 11.4. The van der Waals surface area contributed by atoms with Crippen molar-refractivity contribution in [1.29, 1.82) is 0 Å². The molecule has 1 aromatic carbocycles. The van der Waals surface area contributed by atoms with Crippen molar-refractivity contribution in [3.05, 3.63) is 45.9 Å². The molecule has 7 nitrogen and oxygen atoms in total. The Morgan fingerprint density at radius 1 is 1.22 bits per heavy atom. The second kappa shape index (κ2) is 7.97. The van der Waals surface area contributed by atoms with Crippen LogP contribution >= 0.6 is 38.6 Å². The van der Waals surface area contributed by atoms with Gasteiger partial charge in [0, 0.05) is 4.88 Å². The van der Waals surface area contributed by atoms with Gasteiger partial charge in [-0.2, -0.15) is 0 Å². The average molecular weight is 488 g/mol. The number of carbonyl (C=O) groups is 1. The molecular formula is C16H14BrN3O4S3. The zero-order valence-corrected chi connectivity index (χ0v) is 18.2. The van der Waals surface area contributed by atoms with E-state index >= 15 is 0 Å². The van der Waals surface area contributed by atoms with E-state index in [1.807, 2.05) is 23.8 Å². The highest BCUT2D eigenvalue weighted by Gasteiger charge is 2.22. The number of sulfonamides is 1. The van der Waals surface area contributed by atoms with Crippen LogP contribution in [0.15, 0.2) is 44.5 Å². The molecule has 0 spiro atoms. The van der Waals surface area contributed by atoms with Gasteiger partial charge < -0.3 is 4.74 Å². The summed E-state index contributed by atoms with van der Waals surface area (Å²) in [7, 11) is -2.42. The summed E-state index contributed by atoms with van der Waals surface area (Å²) in [6.07, 6.45) is 1.51. The minimum absolute atomic E-state index is 0.0567. The number of halogens is 1. The maximum absolute atomic E-state index is 12.5. The number of nitrogens with one attached hydrogen (secondary N) is 2. The van der Waals surface area contributed by atoms with Crippen molar-refractivity contribution in [2.45, 2.75) is 11.1 Å². The Labute approximate surface area is 172 Å². The Morgan fingerprint density at radius 2 is 1.93 bits per heavy atom. The highest BCUT2D eigenvalue weighted by atomic mass is 79.9. The van der Waals surface area contributed by atoms with Crippen molar-refractivity contribution in [2.24, 2.45) is 0 Å². The van der Waals surface area contributed by atoms with E-state index < -0.39 is 16.1 Å². The summed E-state index contributed by atoms with van der Waals surface area (Å²) in [4.78, 5) is 16.7. The molecule has 11 heteroatoms. The lowest BCUT2D eigenvalue weighted by Crippen LogP contribution is -2.33. The van der Waals surface area contributed by atoms with Gasteiger partial charge in [0.05, 0.1) is 17.1 Å². The fraction of sp³-hybridized carbons (Fsp3) is 0.125. The summed E-state index contributed by atoms with van der Waals surface area (Å²) in [5.74, 6) is 0.716. The van der Waals surface area contributed by atoms with Crippen LogP contribution in [0.4, 0.5) is 9.93 Å². The number of amides is 2. The second-order valence-corrected chi connectivity index (χ2v) is 10.7. The van der Waals surface area contributed by atoms with E-state index in [0.29, 0.717) is 5.75 Å². The lowest BCUT2D eigenvalue weighted by atomic mass is 10.1. The summed E-state index contributed by atoms with van der Waals surface area (Å²) in [5.41, 5.74) is 1.67. The van der Waals surface area contributed by atoms with Gasteiger partial charge in [0.1, 0.15) is 9.96 Å². The molecule has 0 aliphatic heterocycles. The molecule has 142 valence electrons. The Morgan fingerprint density at radius 3 is 2.52 bits per heavy atom. The molecule has 0 aliphatic carbocycles. The van der Waals surface area contributed by atoms with Gasteiger partial charge in [-0.05, 0) is 64.3 Å². The fourth-order valence-corrected chi connectivity index (χ4v) is 5.78. The molecule has 0 saturated carbocycles. The van der Waals surface area contributed by atoms with Crippen molar-refractivity contribution in [3.63, 3.8) is 0 Å². The zero-order valence-electron chi connectivity index (χ0n) is 14.1. The maximum atomic E-state index is 12.5. The Balaban J connectivity index is 1.79. The molecule has 0 radical (unpaired) electrons. The number of aryl methyl sites for hydroxylation is 1. The molecule has 3 aromatic rings. The number of ether oxygens (including phenoxy) is 1. The van der Waals surface area contributed by atoms with Crippen LogP contribution in [0.3, 0.4) is 0 Å². The van der Waals surface area contributed by atoms with Crippen molar-refractivity contribution >= 4 is 59.8 Å². The molecule has 0 unspecified atom stereocenters. The van der Waals surface area contributed by atoms with Crippen LogP contribution in [0.1, 0.15) is 5.56 Å². The fourth-order valence-electron chi connectivity index (χ4n) is 2.22. The van der Waals surface area contributed by atoms with Crippen molar-refractivity contribution in [2.75, 3.05) is 12.4 Å². The highest BCUT2D eigenvalue weighted by molar-refractivity contribution is 9.11. The van der Waals surface area contributed by atoms with Crippen molar-refractivity contribution < 1.29 is 17.9 Å². The third kappa shape index (κ3) is 4.67. The minimum atomic E-state index is -4.00. The first-order valence-electron chi connectivity index (χ1n) is 7.48. The van der Waals surface area contributed by atoms with E-state index in [-0.39, 0.29) is 9.34 Å². The van der Waals surface area contributed by atoms with Crippen LogP contribution in [0.25, 0.3) is 10.4 Å². The molecule has 2 heterocycles. The monoisotopic (exact) mass is 487 g/mol. The molecule has 0 saturated heterocycles. The van der Waals surface area contributed by atoms with Gasteiger partial charge in [-0.15, -0.1) is 11.3 Å². The number of benzene rings is 1. The van der Waals surface area contributed by atoms with E-state index in [9.17, 15) is 13.2 Å². The number of thiazole rings is 1. The smallest absolute Gasteiger partial charge is 0.334 e. The Kier molecular flexibility index (Phi) is 5.84. The molecule has 0 fully saturated rings. The van der Waals surface area contributed by atoms with E-state index in [4.69, 9.17) is 4.74 Å². The molecular weight excluding hydrogens is 474 g/mol. The number of urea groups is 1. The minimum Gasteiger partial charge on any atom is -0.497 e. The molecule has 0 bridgehead atoms. The van der Waals surface area contributed by atoms with Gasteiger partial charge in [0.25, 0.3) is 10.0 Å². The standard InChI is InChI=1S/C16H14BrN3O4S3/c1-9-7-13(26-14(9)10-3-5-11(24-2)6-4-10)27(22,23)20-15(21)19-16-18-8-12(17)25-16/h3-8H,1-2H3,(H2,18,19,20,21). The molecule has 3 rings (SSSR count). The highest BCUT2D eigenvalue weighted by Crippen LogP contribution is 2.35. The number of hydrogen-bond donors (Lipinski definition) is 2. The molecule has 2 N–H and O–H groups in total. The summed E-state index contributed by atoms with van der Waals surface area (Å²) >= 11 is 5.49. The number of anilines is 1. The van der Waals surface area contributed by atoms with Crippen molar-refractivity contribution in [3.8, 4) is 16.2 Å². The predicted octanol–water partition coefficient (Wildman–Crippen LogP) is 4.46. The first kappa shape index (κ1) is 19.8. The summed E-state index contributed by atoms with van der Waals surface area (Å²) in [6, 6.07) is 8.00. The summed E-state index contributed by atoms with van der Waals surface area (Å²) < 4.78 is 33.0. The van der Waals surface area contributed by atoms with E-state index in [0.717, 1.165) is 31.1 Å². The molecule has 0 atom stereocenters. The quantitative estimate of drug-likeness (QED) is 0.553. The summed E-state index contributed by atoms with van der Waals surface area (Å²) in [6.45, 7) is 1.82. The predicted molar refractivity (Wildman–Crippen MR) is 110 cm³/mol. The largest absolute Gasteiger partial charge is 0.497 e. The Bertz CT molecular complexity index is 1070. The number of carbonyl (C=O) groups excluding carboxylic acids is 1. The van der Waals surface area contributed by atoms with Crippen LogP contribution in [0, 0.1) is 6.92 Å². The zero-order chi connectivity index (χ0) is 19.6. The third-order valence-corrected chi connectivity index (χ3v) is 7.92. The number of nitrogens with zero attached hydrogens (tertiary/aromatic N) is 1. The SMILES string of the molecule is COc1ccc(-c2sc(S(=O)(=O)NC(=O)Nc3ncc(Br)s3)cc2C)cc1. The summed E-state index contributed by atoms with van der Waals surface area (Å²) in [5, 5.41) is 2.68. The number of rotatable bonds is 5. The van der Waals surface area contributed by atoms with Gasteiger partial charge in [0.15, 0.2) is 5.13 Å². The van der Waals surface area contributed by atoms with Gasteiger partial charge in [-0.1, -0.05) is 11.3 Å². The normalized spacial score (nSPS) is 11.2. The van der Waals surface area contributed by atoms with Crippen LogP contribution in [0.2, 0.25) is 0 Å². The van der Waals surface area contributed by atoms with E-state index in [1.54, 1.807) is 25.3 Å². The number of aromatic nitrogens is 1. The molecule has 2 aromatic heterocycles. The number of methoxy groups -OCH3 is 1. The van der Waals surface area contributed by atoms with Crippen LogP contribution in [0.5, 0.6) is 5.75 Å². The molecule has 2 amide bonds. The second-order valence-electron chi connectivity index (χ2n) is 5.34. The topological polar surface area (TPSA) is 97.4 Å². The Hall–Kier alpha value is -1.95. The number of hydrogen-bond acceptors (Lipinski definition) is 7. The van der Waals surface area contributed by atoms with Crippen LogP contribution < -0.4 is 14.8 Å². The van der Waals surface area contributed by atoms with Gasteiger partial charge in [0.2, 0.25) is 0 Å². The van der Waals surface area contributed by atoms with E-state index in [1.165, 1.54) is 17.5 Å². The molecule has 27 heavy (non-hydrogen) atoms. The first-order chi connectivity index (χ1) is 12.8. The van der Waals surface area contributed by atoms with Crippen LogP contribution in [-0.4, -0.2) is 26.5 Å². The van der Waals surface area contributed by atoms with Gasteiger partial charge in [-0.25, -0.2) is 22.9 Å². The molecule has 0 aliphatic rings. The average Bonchev–Trinajstić information content (AvgIpc) is 3.20. The lowest BCUT2D eigenvalue weighted by molar-refractivity contribution is 0.256. The van der Waals surface area contributed by atoms with Gasteiger partial charge >= 0.3 is 6.03 Å². The van der Waals surface area contributed by atoms with Crippen molar-refractivity contribution in [1.82, 2.24) is 9.71 Å². The lowest BCUT2D eigenvalue weighted by Gasteiger charge is -2.05. The maximum Gasteiger partial charge on any atom is 0.334 e. The van der Waals surface area contributed by atoms with E-state index in [2.05, 4.69) is 26.2 Å². The van der Waals surface area contributed by atoms with Crippen LogP contribution in [-0.2, 0) is 10.0 Å². The van der Waals surface area contributed by atoms with Gasteiger partial charge in [-0.3, -0.25) is 5.32 Å². The third-order valence-electron chi connectivity index (χ3n) is 3.44.